The van der Waals surface area contributed by atoms with Crippen LogP contribution in [0.15, 0.2) is 49.1 Å². The van der Waals surface area contributed by atoms with Crippen LogP contribution in [0.5, 0.6) is 0 Å². The first-order valence-electron chi connectivity index (χ1n) is 12.1. The molecule has 0 aliphatic carbocycles. The van der Waals surface area contributed by atoms with E-state index in [9.17, 15) is 9.59 Å². The normalized spacial score (nSPS) is 15.5. The Kier molecular flexibility index (Phi) is 7.92. The molecule has 0 saturated carbocycles. The van der Waals surface area contributed by atoms with Crippen molar-refractivity contribution in [2.24, 2.45) is 0 Å². The number of carbonyl (C=O) groups is 2. The van der Waals surface area contributed by atoms with E-state index in [1.54, 1.807) is 0 Å². The number of benzene rings is 2. The molecular formula is C28H38N2O4Si. The van der Waals surface area contributed by atoms with E-state index in [1.807, 2.05) is 49.1 Å². The van der Waals surface area contributed by atoms with Gasteiger partial charge in [0.2, 0.25) is 0 Å². The Morgan fingerprint density at radius 1 is 1.17 bits per heavy atom. The van der Waals surface area contributed by atoms with Crippen molar-refractivity contribution in [3.63, 3.8) is 0 Å². The van der Waals surface area contributed by atoms with Crippen LogP contribution in [0.3, 0.4) is 0 Å². The molecule has 1 N–H and O–H groups in total. The van der Waals surface area contributed by atoms with Gasteiger partial charge in [-0.3, -0.25) is 10.1 Å². The second-order valence-corrected chi connectivity index (χ2v) is 15.5. The van der Waals surface area contributed by atoms with E-state index in [1.165, 1.54) is 6.08 Å². The van der Waals surface area contributed by atoms with E-state index in [0.717, 1.165) is 28.8 Å². The molecule has 2 aromatic carbocycles. The maximum atomic E-state index is 14.1. The van der Waals surface area contributed by atoms with Crippen molar-refractivity contribution in [1.82, 2.24) is 0 Å². The first-order chi connectivity index (χ1) is 16.4. The van der Waals surface area contributed by atoms with Gasteiger partial charge in [-0.1, -0.05) is 51.6 Å². The van der Waals surface area contributed by atoms with E-state index >= 15 is 0 Å². The molecule has 6 nitrogen and oxygen atoms in total. The maximum Gasteiger partial charge on any atom is 0.411 e. The molecule has 35 heavy (non-hydrogen) atoms. The van der Waals surface area contributed by atoms with Gasteiger partial charge in [0.1, 0.15) is 6.61 Å². The fraction of sp³-hybridized carbons (Fsp3) is 0.429. The zero-order valence-corrected chi connectivity index (χ0v) is 23.0. The molecule has 0 spiro atoms. The number of anilines is 2. The highest BCUT2D eigenvalue weighted by Crippen LogP contribution is 2.39. The number of ether oxygens (including phenoxy) is 1. The van der Waals surface area contributed by atoms with Crippen LogP contribution in [-0.2, 0) is 15.6 Å². The molecule has 0 aromatic heterocycles. The summed E-state index contributed by atoms with van der Waals surface area (Å²) >= 11 is 0. The first kappa shape index (κ1) is 26.7. The Morgan fingerprint density at radius 2 is 1.83 bits per heavy atom. The average molecular weight is 495 g/mol. The van der Waals surface area contributed by atoms with E-state index in [2.05, 4.69) is 51.8 Å². The van der Waals surface area contributed by atoms with Crippen molar-refractivity contribution >= 4 is 31.7 Å². The lowest BCUT2D eigenvalue weighted by molar-refractivity contribution is 0.0970. The fourth-order valence-corrected chi connectivity index (χ4v) is 4.94. The number of para-hydroxylation sites is 1. The molecule has 0 fully saturated rings. The third-order valence-electron chi connectivity index (χ3n) is 7.17. The van der Waals surface area contributed by atoms with Gasteiger partial charge in [0.15, 0.2) is 8.32 Å². The molecule has 2 aromatic rings. The summed E-state index contributed by atoms with van der Waals surface area (Å²) < 4.78 is 11.7. The topological polar surface area (TPSA) is 67.9 Å². The van der Waals surface area contributed by atoms with Crippen molar-refractivity contribution in [3.05, 3.63) is 71.3 Å². The Bertz CT molecular complexity index is 1120. The second-order valence-electron chi connectivity index (χ2n) is 10.7. The number of nitrogens with zero attached hydrogens (tertiary/aromatic N) is 1. The summed E-state index contributed by atoms with van der Waals surface area (Å²) in [5, 5.41) is 2.83. The van der Waals surface area contributed by atoms with E-state index < -0.39 is 14.4 Å². The summed E-state index contributed by atoms with van der Waals surface area (Å²) in [6.07, 6.45) is 1.60. The highest BCUT2D eigenvalue weighted by molar-refractivity contribution is 6.74. The van der Waals surface area contributed by atoms with Crippen LogP contribution in [0.1, 0.15) is 47.8 Å². The fourth-order valence-electron chi connectivity index (χ4n) is 3.90. The standard InChI is InChI=1S/C28H38N2O4Si/c1-9-14-33-27(32)29-24-16-20(3)19(2)15-23(24)26(31)30-22(17-21-12-10-11-13-25(21)30)18-34-35(7,8)28(4,5)6/h9-13,15-16,22H,1,14,17-18H2,2-8H3,(H,29,32)/t22-/m0/s1. The number of hydrogen-bond donors (Lipinski definition) is 1. The van der Waals surface area contributed by atoms with Gasteiger partial charge in [-0.25, -0.2) is 4.79 Å². The second kappa shape index (κ2) is 10.4. The highest BCUT2D eigenvalue weighted by atomic mass is 28.4. The Balaban J connectivity index is 1.97. The maximum absolute atomic E-state index is 14.1. The predicted molar refractivity (Wildman–Crippen MR) is 145 cm³/mol. The van der Waals surface area contributed by atoms with Gasteiger partial charge in [-0.05, 0) is 73.3 Å². The lowest BCUT2D eigenvalue weighted by Gasteiger charge is -2.38. The number of rotatable bonds is 7. The summed E-state index contributed by atoms with van der Waals surface area (Å²) in [6.45, 7) is 19.1. The molecule has 1 atom stereocenters. The van der Waals surface area contributed by atoms with Crippen LogP contribution in [0.2, 0.25) is 18.1 Å². The highest BCUT2D eigenvalue weighted by Gasteiger charge is 2.41. The number of amides is 2. The minimum atomic E-state index is -2.00. The molecule has 2 amide bonds. The number of hydrogen-bond acceptors (Lipinski definition) is 4. The minimum absolute atomic E-state index is 0.0737. The van der Waals surface area contributed by atoms with Crippen LogP contribution >= 0.6 is 0 Å². The summed E-state index contributed by atoms with van der Waals surface area (Å²) in [7, 11) is -2.00. The molecular weight excluding hydrogens is 456 g/mol. The van der Waals surface area contributed by atoms with Gasteiger partial charge in [-0.2, -0.15) is 0 Å². The number of aryl methyl sites for hydroxylation is 2. The first-order valence-corrected chi connectivity index (χ1v) is 15.0. The largest absolute Gasteiger partial charge is 0.445 e. The molecule has 188 valence electrons. The molecule has 1 aliphatic rings. The predicted octanol–water partition coefficient (Wildman–Crippen LogP) is 6.63. The van der Waals surface area contributed by atoms with Gasteiger partial charge in [-0.15, -0.1) is 0 Å². The lowest BCUT2D eigenvalue weighted by Crippen LogP contribution is -2.47. The molecule has 0 saturated heterocycles. The minimum Gasteiger partial charge on any atom is -0.445 e. The molecule has 1 aliphatic heterocycles. The third-order valence-corrected chi connectivity index (χ3v) is 11.7. The van der Waals surface area contributed by atoms with Gasteiger partial charge in [0.05, 0.1) is 23.9 Å². The summed E-state index contributed by atoms with van der Waals surface area (Å²) in [5.74, 6) is -0.166. The van der Waals surface area contributed by atoms with Crippen molar-refractivity contribution in [3.8, 4) is 0 Å². The van der Waals surface area contributed by atoms with Crippen molar-refractivity contribution in [1.29, 1.82) is 0 Å². The molecule has 1 heterocycles. The van der Waals surface area contributed by atoms with E-state index in [0.29, 0.717) is 17.9 Å². The lowest BCUT2D eigenvalue weighted by atomic mass is 10.0. The van der Waals surface area contributed by atoms with Crippen LogP contribution in [0, 0.1) is 13.8 Å². The quantitative estimate of drug-likeness (QED) is 0.346. The Morgan fingerprint density at radius 3 is 2.49 bits per heavy atom. The van der Waals surface area contributed by atoms with Crippen molar-refractivity contribution < 1.29 is 18.8 Å². The van der Waals surface area contributed by atoms with E-state index in [4.69, 9.17) is 9.16 Å². The summed E-state index contributed by atoms with van der Waals surface area (Å²) in [5.41, 5.74) is 4.81. The summed E-state index contributed by atoms with van der Waals surface area (Å²) in [6, 6.07) is 11.5. The third kappa shape index (κ3) is 5.85. The molecule has 3 rings (SSSR count). The van der Waals surface area contributed by atoms with Crippen LogP contribution in [0.25, 0.3) is 0 Å². The summed E-state index contributed by atoms with van der Waals surface area (Å²) in [4.78, 5) is 28.2. The number of nitrogens with one attached hydrogen (secondary N) is 1. The Hall–Kier alpha value is -2.90. The molecule has 7 heteroatoms. The zero-order valence-electron chi connectivity index (χ0n) is 22.0. The zero-order chi connectivity index (χ0) is 26.0. The Labute approximate surface area is 210 Å². The van der Waals surface area contributed by atoms with Crippen LogP contribution in [0.4, 0.5) is 16.2 Å². The van der Waals surface area contributed by atoms with Crippen molar-refractivity contribution in [2.75, 3.05) is 23.4 Å². The monoisotopic (exact) mass is 494 g/mol. The SMILES string of the molecule is C=CCOC(=O)Nc1cc(C)c(C)cc1C(=O)N1c2ccccc2C[C@H]1CO[Si](C)(C)C(C)(C)C. The van der Waals surface area contributed by atoms with Crippen molar-refractivity contribution in [2.45, 2.75) is 65.2 Å². The van der Waals surface area contributed by atoms with Gasteiger partial charge < -0.3 is 14.1 Å². The molecule has 0 radical (unpaired) electrons. The van der Waals surface area contributed by atoms with E-state index in [-0.39, 0.29) is 23.6 Å². The van der Waals surface area contributed by atoms with Gasteiger partial charge in [0, 0.05) is 5.69 Å². The van der Waals surface area contributed by atoms with Crippen LogP contribution in [-0.4, -0.2) is 39.6 Å². The van der Waals surface area contributed by atoms with Gasteiger partial charge >= 0.3 is 6.09 Å². The molecule has 0 bridgehead atoms. The van der Waals surface area contributed by atoms with Crippen LogP contribution < -0.4 is 10.2 Å². The smallest absolute Gasteiger partial charge is 0.411 e. The average Bonchev–Trinajstić information content (AvgIpc) is 3.16. The van der Waals surface area contributed by atoms with Gasteiger partial charge in [0.25, 0.3) is 5.91 Å². The number of fused-ring (bicyclic) bond motifs is 1. The number of carbonyl (C=O) groups excluding carboxylic acids is 2. The molecule has 0 unspecified atom stereocenters.